The molecule has 7 nitrogen and oxygen atoms in total. The second kappa shape index (κ2) is 10.1. The van der Waals surface area contributed by atoms with Gasteiger partial charge >= 0.3 is 0 Å². The number of nitrogens with one attached hydrogen (secondary N) is 1. The van der Waals surface area contributed by atoms with Crippen LogP contribution >= 0.6 is 11.8 Å². The van der Waals surface area contributed by atoms with Crippen molar-refractivity contribution in [1.82, 2.24) is 4.31 Å². The van der Waals surface area contributed by atoms with E-state index in [4.69, 9.17) is 9.47 Å². The van der Waals surface area contributed by atoms with Gasteiger partial charge in [-0.05, 0) is 30.4 Å². The van der Waals surface area contributed by atoms with Crippen molar-refractivity contribution in [2.45, 2.75) is 24.7 Å². The van der Waals surface area contributed by atoms with Crippen molar-refractivity contribution in [2.24, 2.45) is 0 Å². The van der Waals surface area contributed by atoms with Gasteiger partial charge in [0.15, 0.2) is 0 Å². The molecule has 146 valence electrons. The molecule has 9 heteroatoms. The van der Waals surface area contributed by atoms with Crippen molar-refractivity contribution in [3.63, 3.8) is 0 Å². The van der Waals surface area contributed by atoms with Crippen molar-refractivity contribution in [1.29, 1.82) is 0 Å². The molecule has 0 atom stereocenters. The number of hydrogen-bond acceptors (Lipinski definition) is 6. The number of methoxy groups -OCH3 is 1. The predicted octanol–water partition coefficient (Wildman–Crippen LogP) is 2.19. The van der Waals surface area contributed by atoms with Gasteiger partial charge in [-0.15, -0.1) is 0 Å². The predicted molar refractivity (Wildman–Crippen MR) is 103 cm³/mol. The van der Waals surface area contributed by atoms with E-state index < -0.39 is 10.0 Å². The molecule has 0 bridgehead atoms. The summed E-state index contributed by atoms with van der Waals surface area (Å²) in [7, 11) is -2.29. The Balaban J connectivity index is 2.13. The van der Waals surface area contributed by atoms with Gasteiger partial charge in [0.25, 0.3) is 0 Å². The summed E-state index contributed by atoms with van der Waals surface area (Å²) in [5.74, 6) is 1.39. The lowest BCUT2D eigenvalue weighted by molar-refractivity contribution is -0.113. The van der Waals surface area contributed by atoms with Crippen LogP contribution in [0.15, 0.2) is 23.1 Å². The third kappa shape index (κ3) is 5.60. The quantitative estimate of drug-likeness (QED) is 0.638. The number of thioether (sulfide) groups is 1. The molecule has 1 aliphatic rings. The van der Waals surface area contributed by atoms with Gasteiger partial charge in [-0.2, -0.15) is 16.1 Å². The van der Waals surface area contributed by atoms with Gasteiger partial charge in [0, 0.05) is 18.8 Å². The van der Waals surface area contributed by atoms with E-state index in [0.717, 1.165) is 18.6 Å². The minimum absolute atomic E-state index is 0.0540. The monoisotopic (exact) mass is 402 g/mol. The van der Waals surface area contributed by atoms with Crippen LogP contribution < -0.4 is 10.1 Å². The minimum Gasteiger partial charge on any atom is -0.495 e. The van der Waals surface area contributed by atoms with E-state index in [1.54, 1.807) is 23.9 Å². The number of ether oxygens (including phenoxy) is 2. The molecular formula is C17H26N2O5S2. The maximum absolute atomic E-state index is 12.9. The molecular weight excluding hydrogens is 376 g/mol. The van der Waals surface area contributed by atoms with Crippen LogP contribution in [-0.4, -0.2) is 63.5 Å². The zero-order valence-electron chi connectivity index (χ0n) is 15.2. The number of amides is 1. The molecule has 1 aromatic rings. The summed E-state index contributed by atoms with van der Waals surface area (Å²) in [5, 5.41) is 2.76. The highest BCUT2D eigenvalue weighted by Gasteiger charge is 2.29. The Kier molecular flexibility index (Phi) is 8.20. The number of rotatable bonds is 9. The molecule has 0 saturated carbocycles. The first-order chi connectivity index (χ1) is 12.5. The van der Waals surface area contributed by atoms with E-state index in [2.05, 4.69) is 12.2 Å². The third-order valence-electron chi connectivity index (χ3n) is 3.91. The normalized spacial score (nSPS) is 15.6. The maximum Gasteiger partial charge on any atom is 0.246 e. The van der Waals surface area contributed by atoms with Gasteiger partial charge in [0.2, 0.25) is 15.9 Å². The van der Waals surface area contributed by atoms with Crippen LogP contribution in [0.1, 0.15) is 19.8 Å². The maximum atomic E-state index is 12.9. The zero-order valence-corrected chi connectivity index (χ0v) is 16.8. The van der Waals surface area contributed by atoms with Crippen molar-refractivity contribution in [3.8, 4) is 5.75 Å². The molecule has 1 heterocycles. The highest BCUT2D eigenvalue weighted by molar-refractivity contribution is 7.99. The summed E-state index contributed by atoms with van der Waals surface area (Å²) in [4.78, 5) is 12.1. The van der Waals surface area contributed by atoms with Crippen molar-refractivity contribution >= 4 is 33.4 Å². The number of carbonyl (C=O) groups excluding carboxylic acids is 1. The molecule has 0 spiro atoms. The second-order valence-electron chi connectivity index (χ2n) is 5.84. The summed E-state index contributed by atoms with van der Waals surface area (Å²) in [6.07, 6.45) is 2.16. The Bertz CT molecular complexity index is 703. The minimum atomic E-state index is -3.72. The zero-order chi connectivity index (χ0) is 19.0. The first kappa shape index (κ1) is 21.0. The lowest BCUT2D eigenvalue weighted by atomic mass is 10.3. The van der Waals surface area contributed by atoms with E-state index in [1.165, 1.54) is 17.5 Å². The molecule has 0 radical (unpaired) electrons. The summed E-state index contributed by atoms with van der Waals surface area (Å²) >= 11 is 1.57. The number of hydrogen-bond donors (Lipinski definition) is 1. The van der Waals surface area contributed by atoms with Crippen molar-refractivity contribution in [3.05, 3.63) is 18.2 Å². The average molecular weight is 403 g/mol. The number of nitrogens with zero attached hydrogens (tertiary/aromatic N) is 1. The van der Waals surface area contributed by atoms with Gasteiger partial charge in [-0.3, -0.25) is 4.79 Å². The summed E-state index contributed by atoms with van der Waals surface area (Å²) < 4.78 is 37.7. The van der Waals surface area contributed by atoms with Gasteiger partial charge < -0.3 is 14.8 Å². The van der Waals surface area contributed by atoms with Crippen molar-refractivity contribution in [2.75, 3.05) is 50.2 Å². The van der Waals surface area contributed by atoms with Gasteiger partial charge in [0.1, 0.15) is 10.6 Å². The second-order valence-corrected chi connectivity index (χ2v) is 8.85. The Labute approximate surface area is 159 Å². The van der Waals surface area contributed by atoms with Gasteiger partial charge in [-0.1, -0.05) is 13.3 Å². The summed E-state index contributed by atoms with van der Waals surface area (Å²) in [5.41, 5.74) is 0.443. The van der Waals surface area contributed by atoms with Gasteiger partial charge in [-0.25, -0.2) is 8.42 Å². The summed E-state index contributed by atoms with van der Waals surface area (Å²) in [6.45, 7) is 3.45. The van der Waals surface area contributed by atoms with Crippen LogP contribution in [-0.2, 0) is 19.6 Å². The Morgan fingerprint density at radius 2 is 2.08 bits per heavy atom. The van der Waals surface area contributed by atoms with Crippen LogP contribution in [0.25, 0.3) is 0 Å². The van der Waals surface area contributed by atoms with E-state index >= 15 is 0 Å². The first-order valence-corrected chi connectivity index (χ1v) is 11.2. The smallest absolute Gasteiger partial charge is 0.246 e. The fourth-order valence-electron chi connectivity index (χ4n) is 2.49. The van der Waals surface area contributed by atoms with E-state index in [9.17, 15) is 13.2 Å². The van der Waals surface area contributed by atoms with Crippen molar-refractivity contribution < 1.29 is 22.7 Å². The highest BCUT2D eigenvalue weighted by Crippen LogP contribution is 2.30. The molecule has 0 aromatic heterocycles. The van der Waals surface area contributed by atoms with Crippen LogP contribution in [0.5, 0.6) is 5.75 Å². The Hall–Kier alpha value is -1.29. The highest BCUT2D eigenvalue weighted by atomic mass is 32.2. The molecule has 1 amide bonds. The molecule has 0 unspecified atom stereocenters. The number of sulfonamides is 1. The molecule has 1 fully saturated rings. The molecule has 1 saturated heterocycles. The Morgan fingerprint density at radius 1 is 1.35 bits per heavy atom. The lowest BCUT2D eigenvalue weighted by Gasteiger charge is -2.26. The number of morpholine rings is 1. The topological polar surface area (TPSA) is 84.9 Å². The third-order valence-corrected chi connectivity index (χ3v) is 6.87. The SMILES string of the molecule is CCCCSCC(=O)Nc1ccc(OC)c(S(=O)(=O)N2CCOCC2)c1. The van der Waals surface area contributed by atoms with E-state index in [1.807, 2.05) is 0 Å². The molecule has 1 aliphatic heterocycles. The largest absolute Gasteiger partial charge is 0.495 e. The first-order valence-electron chi connectivity index (χ1n) is 8.62. The summed E-state index contributed by atoms with van der Waals surface area (Å²) in [6, 6.07) is 4.66. The fourth-order valence-corrected chi connectivity index (χ4v) is 4.97. The van der Waals surface area contributed by atoms with E-state index in [0.29, 0.717) is 37.7 Å². The van der Waals surface area contributed by atoms with Crippen LogP contribution in [0.3, 0.4) is 0 Å². The molecule has 2 rings (SSSR count). The number of benzene rings is 1. The number of carbonyl (C=O) groups is 1. The average Bonchev–Trinajstić information content (AvgIpc) is 2.66. The molecule has 0 aliphatic carbocycles. The Morgan fingerprint density at radius 3 is 2.73 bits per heavy atom. The lowest BCUT2D eigenvalue weighted by Crippen LogP contribution is -2.40. The number of anilines is 1. The molecule has 26 heavy (non-hydrogen) atoms. The molecule has 1 aromatic carbocycles. The number of unbranched alkanes of at least 4 members (excludes halogenated alkanes) is 1. The fraction of sp³-hybridized carbons (Fsp3) is 0.588. The van der Waals surface area contributed by atoms with Crippen LogP contribution in [0, 0.1) is 0 Å². The van der Waals surface area contributed by atoms with Crippen LogP contribution in [0.4, 0.5) is 5.69 Å². The van der Waals surface area contributed by atoms with Crippen LogP contribution in [0.2, 0.25) is 0 Å². The van der Waals surface area contributed by atoms with Gasteiger partial charge in [0.05, 0.1) is 26.1 Å². The standard InChI is InChI=1S/C17H26N2O5S2/c1-3-4-11-25-13-17(20)18-14-5-6-15(23-2)16(12-14)26(21,22)19-7-9-24-10-8-19/h5-6,12H,3-4,7-11,13H2,1-2H3,(H,18,20). The van der Waals surface area contributed by atoms with E-state index in [-0.39, 0.29) is 16.6 Å². The molecule has 1 N–H and O–H groups in total.